The lowest BCUT2D eigenvalue weighted by Crippen LogP contribution is -2.48. The molecule has 0 aliphatic heterocycles. The molecule has 0 radical (unpaired) electrons. The Balaban J connectivity index is 1.98. The summed E-state index contributed by atoms with van der Waals surface area (Å²) in [5.41, 5.74) is 7.14. The Kier molecular flexibility index (Phi) is 3.35. The van der Waals surface area contributed by atoms with E-state index in [-0.39, 0.29) is 11.4 Å². The zero-order valence-electron chi connectivity index (χ0n) is 9.79. The number of aryl methyl sites for hydroxylation is 1. The summed E-state index contributed by atoms with van der Waals surface area (Å²) in [6.07, 6.45) is 3.34. The van der Waals surface area contributed by atoms with Crippen LogP contribution in [0.5, 0.6) is 0 Å². The SMILES string of the molecule is Cc1nc(Cl)ccc1NC(=O)CC1(N)CCC1. The first-order chi connectivity index (χ1) is 7.98. The highest BCUT2D eigenvalue weighted by molar-refractivity contribution is 6.29. The van der Waals surface area contributed by atoms with E-state index in [1.807, 2.05) is 6.92 Å². The Morgan fingerprint density at radius 1 is 1.59 bits per heavy atom. The number of hydrogen-bond donors (Lipinski definition) is 2. The molecule has 0 atom stereocenters. The molecule has 1 aliphatic rings. The van der Waals surface area contributed by atoms with E-state index in [9.17, 15) is 4.79 Å². The third kappa shape index (κ3) is 2.96. The molecule has 1 fully saturated rings. The molecular formula is C12H16ClN3O. The van der Waals surface area contributed by atoms with Crippen LogP contribution in [0.3, 0.4) is 0 Å². The second kappa shape index (κ2) is 4.63. The van der Waals surface area contributed by atoms with Crippen LogP contribution >= 0.6 is 11.6 Å². The van der Waals surface area contributed by atoms with Gasteiger partial charge in [-0.2, -0.15) is 0 Å². The highest BCUT2D eigenvalue weighted by Crippen LogP contribution is 2.32. The topological polar surface area (TPSA) is 68.0 Å². The van der Waals surface area contributed by atoms with Gasteiger partial charge in [0.15, 0.2) is 0 Å². The average Bonchev–Trinajstić information content (AvgIpc) is 2.20. The molecule has 1 saturated carbocycles. The van der Waals surface area contributed by atoms with Gasteiger partial charge in [-0.25, -0.2) is 4.98 Å². The van der Waals surface area contributed by atoms with Gasteiger partial charge in [-0.05, 0) is 38.3 Å². The van der Waals surface area contributed by atoms with Crippen LogP contribution in [-0.4, -0.2) is 16.4 Å². The summed E-state index contributed by atoms with van der Waals surface area (Å²) in [5, 5.41) is 3.25. The monoisotopic (exact) mass is 253 g/mol. The molecular weight excluding hydrogens is 238 g/mol. The van der Waals surface area contributed by atoms with Gasteiger partial charge in [0.1, 0.15) is 5.15 Å². The minimum absolute atomic E-state index is 0.0561. The van der Waals surface area contributed by atoms with Crippen LogP contribution in [0.15, 0.2) is 12.1 Å². The van der Waals surface area contributed by atoms with E-state index in [0.717, 1.165) is 19.3 Å². The molecule has 17 heavy (non-hydrogen) atoms. The van der Waals surface area contributed by atoms with E-state index in [4.69, 9.17) is 17.3 Å². The molecule has 0 aromatic carbocycles. The lowest BCUT2D eigenvalue weighted by atomic mass is 9.75. The van der Waals surface area contributed by atoms with Crippen molar-refractivity contribution in [3.05, 3.63) is 23.0 Å². The van der Waals surface area contributed by atoms with E-state index in [1.165, 1.54) is 0 Å². The number of carbonyl (C=O) groups excluding carboxylic acids is 1. The van der Waals surface area contributed by atoms with Gasteiger partial charge < -0.3 is 11.1 Å². The number of anilines is 1. The van der Waals surface area contributed by atoms with Crippen LogP contribution in [0, 0.1) is 6.92 Å². The molecule has 2 rings (SSSR count). The van der Waals surface area contributed by atoms with Crippen molar-refractivity contribution in [3.63, 3.8) is 0 Å². The van der Waals surface area contributed by atoms with Crippen LogP contribution in [0.4, 0.5) is 5.69 Å². The number of halogens is 1. The number of amides is 1. The summed E-state index contributed by atoms with van der Waals surface area (Å²) in [5.74, 6) is -0.0561. The normalized spacial score (nSPS) is 17.4. The average molecular weight is 254 g/mol. The highest BCUT2D eigenvalue weighted by atomic mass is 35.5. The van der Waals surface area contributed by atoms with Crippen LogP contribution in [0.25, 0.3) is 0 Å². The lowest BCUT2D eigenvalue weighted by Gasteiger charge is -2.37. The second-order valence-electron chi connectivity index (χ2n) is 4.71. The van der Waals surface area contributed by atoms with Gasteiger partial charge in [0.2, 0.25) is 5.91 Å². The van der Waals surface area contributed by atoms with Gasteiger partial charge in [0.05, 0.1) is 11.4 Å². The molecule has 92 valence electrons. The summed E-state index contributed by atoms with van der Waals surface area (Å²) in [7, 11) is 0. The number of rotatable bonds is 3. The molecule has 5 heteroatoms. The molecule has 1 aromatic heterocycles. The largest absolute Gasteiger partial charge is 0.325 e. The molecule has 4 nitrogen and oxygen atoms in total. The minimum Gasteiger partial charge on any atom is -0.325 e. The van der Waals surface area contributed by atoms with Crippen molar-refractivity contribution in [1.29, 1.82) is 0 Å². The van der Waals surface area contributed by atoms with E-state index in [1.54, 1.807) is 12.1 Å². The number of hydrogen-bond acceptors (Lipinski definition) is 3. The van der Waals surface area contributed by atoms with Crippen LogP contribution in [0.1, 0.15) is 31.4 Å². The van der Waals surface area contributed by atoms with E-state index < -0.39 is 0 Å². The first-order valence-corrected chi connectivity index (χ1v) is 6.08. The zero-order valence-corrected chi connectivity index (χ0v) is 10.5. The van der Waals surface area contributed by atoms with Crippen molar-refractivity contribution >= 4 is 23.2 Å². The van der Waals surface area contributed by atoms with Gasteiger partial charge in [-0.1, -0.05) is 11.6 Å². The predicted molar refractivity (Wildman–Crippen MR) is 68.0 cm³/mol. The second-order valence-corrected chi connectivity index (χ2v) is 5.10. The van der Waals surface area contributed by atoms with Crippen molar-refractivity contribution in [3.8, 4) is 0 Å². The maximum atomic E-state index is 11.8. The van der Waals surface area contributed by atoms with Gasteiger partial charge >= 0.3 is 0 Å². The summed E-state index contributed by atoms with van der Waals surface area (Å²) >= 11 is 5.75. The van der Waals surface area contributed by atoms with Gasteiger partial charge in [-0.15, -0.1) is 0 Å². The van der Waals surface area contributed by atoms with Crippen LogP contribution in [0.2, 0.25) is 5.15 Å². The predicted octanol–water partition coefficient (Wildman–Crippen LogP) is 2.25. The molecule has 0 unspecified atom stereocenters. The van der Waals surface area contributed by atoms with Crippen molar-refractivity contribution in [1.82, 2.24) is 4.98 Å². The third-order valence-electron chi connectivity index (χ3n) is 3.19. The maximum Gasteiger partial charge on any atom is 0.226 e. The number of aromatic nitrogens is 1. The van der Waals surface area contributed by atoms with Crippen molar-refractivity contribution in [2.75, 3.05) is 5.32 Å². The van der Waals surface area contributed by atoms with Crippen molar-refractivity contribution in [2.24, 2.45) is 5.73 Å². The number of nitrogens with two attached hydrogens (primary N) is 1. The van der Waals surface area contributed by atoms with Gasteiger partial charge in [-0.3, -0.25) is 4.79 Å². The third-order valence-corrected chi connectivity index (χ3v) is 3.40. The fourth-order valence-electron chi connectivity index (χ4n) is 1.98. The van der Waals surface area contributed by atoms with Gasteiger partial charge in [0, 0.05) is 12.0 Å². The van der Waals surface area contributed by atoms with Crippen LogP contribution < -0.4 is 11.1 Å². The molecule has 0 spiro atoms. The zero-order chi connectivity index (χ0) is 12.5. The molecule has 0 bridgehead atoms. The van der Waals surface area contributed by atoms with Gasteiger partial charge in [0.25, 0.3) is 0 Å². The molecule has 3 N–H and O–H groups in total. The number of pyridine rings is 1. The summed E-state index contributed by atoms with van der Waals surface area (Å²) < 4.78 is 0. The van der Waals surface area contributed by atoms with E-state index in [0.29, 0.717) is 23.0 Å². The van der Waals surface area contributed by atoms with Crippen molar-refractivity contribution < 1.29 is 4.79 Å². The first kappa shape index (κ1) is 12.3. The summed E-state index contributed by atoms with van der Waals surface area (Å²) in [6, 6.07) is 3.41. The Labute approximate surface area is 106 Å². The smallest absolute Gasteiger partial charge is 0.226 e. The van der Waals surface area contributed by atoms with E-state index >= 15 is 0 Å². The standard InChI is InChI=1S/C12H16ClN3O/c1-8-9(3-4-10(13)15-8)16-11(17)7-12(14)5-2-6-12/h3-4H,2,5-7,14H2,1H3,(H,16,17). The fraction of sp³-hybridized carbons (Fsp3) is 0.500. The molecule has 1 aliphatic carbocycles. The first-order valence-electron chi connectivity index (χ1n) is 5.70. The summed E-state index contributed by atoms with van der Waals surface area (Å²) in [6.45, 7) is 1.81. The maximum absolute atomic E-state index is 11.8. The fourth-order valence-corrected chi connectivity index (χ4v) is 2.17. The molecule has 1 aromatic rings. The van der Waals surface area contributed by atoms with E-state index in [2.05, 4.69) is 10.3 Å². The Hall–Kier alpha value is -1.13. The highest BCUT2D eigenvalue weighted by Gasteiger charge is 2.34. The Bertz CT molecular complexity index is 443. The quantitative estimate of drug-likeness (QED) is 0.812. The molecule has 0 saturated heterocycles. The Morgan fingerprint density at radius 2 is 2.29 bits per heavy atom. The Morgan fingerprint density at radius 3 is 2.82 bits per heavy atom. The van der Waals surface area contributed by atoms with Crippen molar-refractivity contribution in [2.45, 2.75) is 38.1 Å². The lowest BCUT2D eigenvalue weighted by molar-refractivity contribution is -0.118. The minimum atomic E-state index is -0.294. The molecule has 1 heterocycles. The summed E-state index contributed by atoms with van der Waals surface area (Å²) in [4.78, 5) is 15.9. The number of nitrogens with zero attached hydrogens (tertiary/aromatic N) is 1. The van der Waals surface area contributed by atoms with Crippen LogP contribution in [-0.2, 0) is 4.79 Å². The number of nitrogens with one attached hydrogen (secondary N) is 1. The number of carbonyl (C=O) groups is 1. The molecule has 1 amide bonds.